The first-order valence-corrected chi connectivity index (χ1v) is 7.78. The van der Waals surface area contributed by atoms with Crippen molar-refractivity contribution in [3.8, 4) is 0 Å². The zero-order valence-corrected chi connectivity index (χ0v) is 13.6. The molecule has 0 aliphatic carbocycles. The van der Waals surface area contributed by atoms with E-state index in [2.05, 4.69) is 5.32 Å². The number of carbonyl (C=O) groups excluding carboxylic acids is 2. The molecular formula is C17H24N2O4. The van der Waals surface area contributed by atoms with Gasteiger partial charge in [-0.1, -0.05) is 30.3 Å². The van der Waals surface area contributed by atoms with Gasteiger partial charge in [-0.3, -0.25) is 9.59 Å². The molecule has 1 aromatic carbocycles. The minimum absolute atomic E-state index is 0.0961. The van der Waals surface area contributed by atoms with Gasteiger partial charge in [-0.2, -0.15) is 0 Å². The first-order valence-electron chi connectivity index (χ1n) is 7.78. The Morgan fingerprint density at radius 1 is 1.17 bits per heavy atom. The predicted molar refractivity (Wildman–Crippen MR) is 86.6 cm³/mol. The average molecular weight is 320 g/mol. The van der Waals surface area contributed by atoms with E-state index in [1.54, 1.807) is 0 Å². The molecule has 0 spiro atoms. The highest BCUT2D eigenvalue weighted by molar-refractivity contribution is 5.84. The summed E-state index contributed by atoms with van der Waals surface area (Å²) in [6.07, 6.45) is 0.824. The summed E-state index contributed by atoms with van der Waals surface area (Å²) in [6.45, 7) is 4.13. The van der Waals surface area contributed by atoms with E-state index in [0.29, 0.717) is 13.0 Å². The average Bonchev–Trinajstić information content (AvgIpc) is 2.53. The molecule has 0 bridgehead atoms. The summed E-state index contributed by atoms with van der Waals surface area (Å²) in [5.74, 6) is -1.40. The lowest BCUT2D eigenvalue weighted by Crippen LogP contribution is -2.42. The Hall–Kier alpha value is -2.37. The molecule has 2 N–H and O–H groups in total. The highest BCUT2D eigenvalue weighted by Crippen LogP contribution is 2.12. The molecular weight excluding hydrogens is 296 g/mol. The fourth-order valence-corrected chi connectivity index (χ4v) is 2.18. The number of nitrogens with one attached hydrogen (secondary N) is 1. The third-order valence-corrected chi connectivity index (χ3v) is 3.51. The number of benzene rings is 1. The van der Waals surface area contributed by atoms with Crippen LogP contribution in [0.4, 0.5) is 0 Å². The molecule has 0 saturated heterocycles. The summed E-state index contributed by atoms with van der Waals surface area (Å²) in [7, 11) is 0. The highest BCUT2D eigenvalue weighted by Gasteiger charge is 2.25. The van der Waals surface area contributed by atoms with Crippen LogP contribution in [0.2, 0.25) is 0 Å². The van der Waals surface area contributed by atoms with E-state index in [1.807, 2.05) is 37.3 Å². The first-order chi connectivity index (χ1) is 11.0. The van der Waals surface area contributed by atoms with E-state index in [-0.39, 0.29) is 31.2 Å². The Kier molecular flexibility index (Phi) is 7.80. The summed E-state index contributed by atoms with van der Waals surface area (Å²) in [5.41, 5.74) is 0.873. The minimum atomic E-state index is -1.04. The normalized spacial score (nSPS) is 11.6. The number of nitrogens with zero attached hydrogens (tertiary/aromatic N) is 1. The standard InChI is InChI=1S/C17H24N2O4/c1-3-18-15(20)10-7-11-16(21)19(13(2)17(22)23)12-14-8-5-4-6-9-14/h4-6,8-9,13H,3,7,10-12H2,1-2H3,(H,18,20)(H,22,23). The molecule has 2 amide bonds. The summed E-state index contributed by atoms with van der Waals surface area (Å²) in [6, 6.07) is 8.35. The van der Waals surface area contributed by atoms with Crippen LogP contribution in [0.5, 0.6) is 0 Å². The number of carboxylic acids is 1. The first kappa shape index (κ1) is 18.7. The fraction of sp³-hybridized carbons (Fsp3) is 0.471. The van der Waals surface area contributed by atoms with E-state index in [9.17, 15) is 19.5 Å². The summed E-state index contributed by atoms with van der Waals surface area (Å²) in [4.78, 5) is 36.3. The van der Waals surface area contributed by atoms with Crippen molar-refractivity contribution >= 4 is 17.8 Å². The van der Waals surface area contributed by atoms with Crippen molar-refractivity contribution in [3.63, 3.8) is 0 Å². The predicted octanol–water partition coefficient (Wildman–Crippen LogP) is 1.79. The zero-order valence-electron chi connectivity index (χ0n) is 13.6. The van der Waals surface area contributed by atoms with Crippen molar-refractivity contribution in [2.75, 3.05) is 6.54 Å². The number of aliphatic carboxylic acids is 1. The van der Waals surface area contributed by atoms with Gasteiger partial charge < -0.3 is 15.3 Å². The summed E-state index contributed by atoms with van der Waals surface area (Å²) >= 11 is 0. The third-order valence-electron chi connectivity index (χ3n) is 3.51. The number of amides is 2. The third kappa shape index (κ3) is 6.50. The second kappa shape index (κ2) is 9.61. The summed E-state index contributed by atoms with van der Waals surface area (Å²) < 4.78 is 0. The van der Waals surface area contributed by atoms with Crippen LogP contribution in [0.1, 0.15) is 38.7 Å². The molecule has 0 heterocycles. The van der Waals surface area contributed by atoms with Crippen molar-refractivity contribution < 1.29 is 19.5 Å². The molecule has 126 valence electrons. The zero-order chi connectivity index (χ0) is 17.2. The minimum Gasteiger partial charge on any atom is -0.480 e. The molecule has 0 saturated carbocycles. The Balaban J connectivity index is 2.66. The topological polar surface area (TPSA) is 86.7 Å². The van der Waals surface area contributed by atoms with Crippen LogP contribution < -0.4 is 5.32 Å². The molecule has 1 aromatic rings. The van der Waals surface area contributed by atoms with Gasteiger partial charge in [0.15, 0.2) is 0 Å². The molecule has 0 aromatic heterocycles. The lowest BCUT2D eigenvalue weighted by Gasteiger charge is -2.26. The van der Waals surface area contributed by atoms with Crippen molar-refractivity contribution in [1.29, 1.82) is 0 Å². The molecule has 0 fully saturated rings. The second-order valence-electron chi connectivity index (χ2n) is 5.33. The quantitative estimate of drug-likeness (QED) is 0.726. The largest absolute Gasteiger partial charge is 0.480 e. The van der Waals surface area contributed by atoms with Crippen LogP contribution in [0.3, 0.4) is 0 Å². The fourth-order valence-electron chi connectivity index (χ4n) is 2.18. The number of rotatable bonds is 9. The van der Waals surface area contributed by atoms with E-state index in [1.165, 1.54) is 11.8 Å². The molecule has 23 heavy (non-hydrogen) atoms. The molecule has 6 nitrogen and oxygen atoms in total. The van der Waals surface area contributed by atoms with Gasteiger partial charge in [-0.25, -0.2) is 4.79 Å². The van der Waals surface area contributed by atoms with E-state index < -0.39 is 12.0 Å². The second-order valence-corrected chi connectivity index (χ2v) is 5.33. The Bertz CT molecular complexity index is 531. The molecule has 1 unspecified atom stereocenters. The van der Waals surface area contributed by atoms with Crippen LogP contribution in [-0.4, -0.2) is 40.4 Å². The molecule has 6 heteroatoms. The smallest absolute Gasteiger partial charge is 0.326 e. The van der Waals surface area contributed by atoms with Crippen LogP contribution in [0, 0.1) is 0 Å². The Morgan fingerprint density at radius 3 is 2.39 bits per heavy atom. The van der Waals surface area contributed by atoms with Gasteiger partial charge in [0.25, 0.3) is 0 Å². The van der Waals surface area contributed by atoms with Crippen LogP contribution in [0.15, 0.2) is 30.3 Å². The lowest BCUT2D eigenvalue weighted by molar-refractivity contribution is -0.150. The summed E-state index contributed by atoms with van der Waals surface area (Å²) in [5, 5.41) is 11.9. The van der Waals surface area contributed by atoms with Crippen molar-refractivity contribution in [3.05, 3.63) is 35.9 Å². The number of carbonyl (C=O) groups is 3. The Labute approximate surface area is 136 Å². The van der Waals surface area contributed by atoms with Crippen LogP contribution in [0.25, 0.3) is 0 Å². The Morgan fingerprint density at radius 2 is 1.83 bits per heavy atom. The van der Waals surface area contributed by atoms with Crippen molar-refractivity contribution in [2.24, 2.45) is 0 Å². The maximum absolute atomic E-state index is 12.4. The van der Waals surface area contributed by atoms with Gasteiger partial charge in [0.2, 0.25) is 11.8 Å². The van der Waals surface area contributed by atoms with E-state index >= 15 is 0 Å². The molecule has 1 rings (SSSR count). The number of carboxylic acid groups (broad SMARTS) is 1. The maximum Gasteiger partial charge on any atom is 0.326 e. The van der Waals surface area contributed by atoms with Crippen LogP contribution in [-0.2, 0) is 20.9 Å². The molecule has 1 atom stereocenters. The van der Waals surface area contributed by atoms with Crippen molar-refractivity contribution in [2.45, 2.75) is 45.7 Å². The van der Waals surface area contributed by atoms with Gasteiger partial charge in [0, 0.05) is 25.9 Å². The lowest BCUT2D eigenvalue weighted by atomic mass is 10.1. The molecule has 0 aliphatic rings. The van der Waals surface area contributed by atoms with Gasteiger partial charge in [-0.05, 0) is 25.8 Å². The number of hydrogen-bond donors (Lipinski definition) is 2. The van der Waals surface area contributed by atoms with Gasteiger partial charge in [-0.15, -0.1) is 0 Å². The molecule has 0 aliphatic heterocycles. The maximum atomic E-state index is 12.4. The number of hydrogen-bond acceptors (Lipinski definition) is 3. The van der Waals surface area contributed by atoms with Gasteiger partial charge >= 0.3 is 5.97 Å². The highest BCUT2D eigenvalue weighted by atomic mass is 16.4. The van der Waals surface area contributed by atoms with Gasteiger partial charge in [0.05, 0.1) is 0 Å². The van der Waals surface area contributed by atoms with Crippen molar-refractivity contribution in [1.82, 2.24) is 10.2 Å². The SMILES string of the molecule is CCNC(=O)CCCC(=O)N(Cc1ccccc1)C(C)C(=O)O. The van der Waals surface area contributed by atoms with Gasteiger partial charge in [0.1, 0.15) is 6.04 Å². The van der Waals surface area contributed by atoms with Crippen LogP contribution >= 0.6 is 0 Å². The molecule has 0 radical (unpaired) electrons. The van der Waals surface area contributed by atoms with E-state index in [4.69, 9.17) is 0 Å². The van der Waals surface area contributed by atoms with E-state index in [0.717, 1.165) is 5.56 Å². The monoisotopic (exact) mass is 320 g/mol.